The van der Waals surface area contributed by atoms with Crippen molar-refractivity contribution in [2.24, 2.45) is 0 Å². The van der Waals surface area contributed by atoms with Gasteiger partial charge in [0.2, 0.25) is 0 Å². The van der Waals surface area contributed by atoms with Crippen molar-refractivity contribution in [2.45, 2.75) is 71.6 Å². The molecule has 1 fully saturated rings. The van der Waals surface area contributed by atoms with Gasteiger partial charge in [0.15, 0.2) is 0 Å². The van der Waals surface area contributed by atoms with Crippen LogP contribution in [0.15, 0.2) is 0 Å². The van der Waals surface area contributed by atoms with Crippen molar-refractivity contribution in [3.8, 4) is 0 Å². The van der Waals surface area contributed by atoms with Gasteiger partial charge in [-0.15, -0.1) is 0 Å². The van der Waals surface area contributed by atoms with Gasteiger partial charge in [-0.25, -0.2) is 4.79 Å². The second kappa shape index (κ2) is 6.41. The van der Waals surface area contributed by atoms with Gasteiger partial charge in [-0.3, -0.25) is 0 Å². The molecule has 0 aromatic heterocycles. The first kappa shape index (κ1) is 15.3. The van der Waals surface area contributed by atoms with Gasteiger partial charge in [0.25, 0.3) is 0 Å². The molecule has 0 spiro atoms. The number of ether oxygens (including phenoxy) is 1. The van der Waals surface area contributed by atoms with Crippen molar-refractivity contribution in [2.75, 3.05) is 13.1 Å². The van der Waals surface area contributed by atoms with Crippen LogP contribution in [0.2, 0.25) is 0 Å². The molecule has 4 heteroatoms. The fourth-order valence-corrected chi connectivity index (χ4v) is 1.77. The molecule has 1 aliphatic carbocycles. The van der Waals surface area contributed by atoms with Crippen LogP contribution in [0.3, 0.4) is 0 Å². The Balaban J connectivity index is 2.33. The lowest BCUT2D eigenvalue weighted by molar-refractivity contribution is 0.0232. The molecule has 1 N–H and O–H groups in total. The Morgan fingerprint density at radius 2 is 2.00 bits per heavy atom. The molecule has 0 saturated heterocycles. The van der Waals surface area contributed by atoms with Gasteiger partial charge >= 0.3 is 6.09 Å². The monoisotopic (exact) mass is 256 g/mol. The van der Waals surface area contributed by atoms with Gasteiger partial charge in [-0.05, 0) is 46.6 Å². The van der Waals surface area contributed by atoms with Crippen LogP contribution in [0.1, 0.15) is 53.9 Å². The lowest BCUT2D eigenvalue weighted by Crippen LogP contribution is -2.39. The Bertz CT molecular complexity index is 267. The molecule has 1 rings (SSSR count). The lowest BCUT2D eigenvalue weighted by Gasteiger charge is -2.27. The number of nitrogens with one attached hydrogen (secondary N) is 1. The fourth-order valence-electron chi connectivity index (χ4n) is 1.77. The first-order chi connectivity index (χ1) is 8.29. The van der Waals surface area contributed by atoms with Crippen LogP contribution in [-0.4, -0.2) is 41.8 Å². The predicted molar refractivity (Wildman–Crippen MR) is 73.7 cm³/mol. The molecule has 0 aromatic carbocycles. The number of carbonyl (C=O) groups is 1. The maximum absolute atomic E-state index is 12.1. The average Bonchev–Trinajstić information content (AvgIpc) is 2.97. The third kappa shape index (κ3) is 6.24. The molecule has 0 heterocycles. The number of carbonyl (C=O) groups excluding carboxylic acids is 1. The van der Waals surface area contributed by atoms with E-state index in [9.17, 15) is 4.79 Å². The maximum atomic E-state index is 12.1. The van der Waals surface area contributed by atoms with E-state index in [0.717, 1.165) is 32.4 Å². The molecule has 1 amide bonds. The van der Waals surface area contributed by atoms with Crippen molar-refractivity contribution in [3.63, 3.8) is 0 Å². The Labute approximate surface area is 111 Å². The normalized spacial score (nSPS) is 15.9. The van der Waals surface area contributed by atoms with Crippen molar-refractivity contribution in [1.29, 1.82) is 0 Å². The zero-order valence-corrected chi connectivity index (χ0v) is 12.5. The summed E-state index contributed by atoms with van der Waals surface area (Å²) in [4.78, 5) is 13.9. The fraction of sp³-hybridized carbons (Fsp3) is 0.929. The minimum atomic E-state index is -0.402. The zero-order chi connectivity index (χ0) is 13.8. The minimum Gasteiger partial charge on any atom is -0.444 e. The topological polar surface area (TPSA) is 41.6 Å². The van der Waals surface area contributed by atoms with Gasteiger partial charge in [0.05, 0.1) is 0 Å². The molecular formula is C14H28N2O2. The highest BCUT2D eigenvalue weighted by molar-refractivity contribution is 5.69. The summed E-state index contributed by atoms with van der Waals surface area (Å²) in [7, 11) is 0. The molecule has 1 aliphatic rings. The van der Waals surface area contributed by atoms with Crippen LogP contribution < -0.4 is 5.32 Å². The number of rotatable bonds is 6. The van der Waals surface area contributed by atoms with Crippen LogP contribution in [0.4, 0.5) is 4.79 Å². The third-order valence-electron chi connectivity index (χ3n) is 2.74. The van der Waals surface area contributed by atoms with E-state index in [1.165, 1.54) is 0 Å². The first-order valence-electron chi connectivity index (χ1n) is 7.02. The average molecular weight is 256 g/mol. The molecule has 0 aromatic rings. The predicted octanol–water partition coefficient (Wildman–Crippen LogP) is 2.77. The SMILES string of the molecule is CC(C)NCCCN(C(=O)OC(C)(C)C)C1CC1. The molecule has 0 aliphatic heterocycles. The van der Waals surface area contributed by atoms with E-state index in [2.05, 4.69) is 19.2 Å². The molecule has 18 heavy (non-hydrogen) atoms. The van der Waals surface area contributed by atoms with E-state index < -0.39 is 5.60 Å². The molecule has 4 nitrogen and oxygen atoms in total. The van der Waals surface area contributed by atoms with Crippen LogP contribution in [0.25, 0.3) is 0 Å². The molecule has 0 radical (unpaired) electrons. The minimum absolute atomic E-state index is 0.158. The summed E-state index contributed by atoms with van der Waals surface area (Å²) in [5.74, 6) is 0. The zero-order valence-electron chi connectivity index (χ0n) is 12.5. The first-order valence-corrected chi connectivity index (χ1v) is 7.02. The van der Waals surface area contributed by atoms with E-state index in [0.29, 0.717) is 12.1 Å². The summed E-state index contributed by atoms with van der Waals surface area (Å²) in [6.07, 6.45) is 3.07. The van der Waals surface area contributed by atoms with Crippen molar-refractivity contribution in [3.05, 3.63) is 0 Å². The van der Waals surface area contributed by atoms with Crippen LogP contribution >= 0.6 is 0 Å². The molecule has 0 bridgehead atoms. The van der Waals surface area contributed by atoms with E-state index in [4.69, 9.17) is 4.74 Å². The Hall–Kier alpha value is -0.770. The highest BCUT2D eigenvalue weighted by atomic mass is 16.6. The van der Waals surface area contributed by atoms with Crippen molar-refractivity contribution >= 4 is 6.09 Å². The number of nitrogens with zero attached hydrogens (tertiary/aromatic N) is 1. The maximum Gasteiger partial charge on any atom is 0.410 e. The lowest BCUT2D eigenvalue weighted by atomic mass is 10.2. The standard InChI is InChI=1S/C14H28N2O2/c1-11(2)15-9-6-10-16(12-7-8-12)13(17)18-14(3,4)5/h11-12,15H,6-10H2,1-5H3. The second-order valence-electron chi connectivity index (χ2n) is 6.37. The molecule has 0 atom stereocenters. The number of amides is 1. The molecular weight excluding hydrogens is 228 g/mol. The van der Waals surface area contributed by atoms with Gasteiger partial charge < -0.3 is 15.0 Å². The van der Waals surface area contributed by atoms with Gasteiger partial charge in [0.1, 0.15) is 5.60 Å². The Morgan fingerprint density at radius 1 is 1.39 bits per heavy atom. The van der Waals surface area contributed by atoms with Crippen molar-refractivity contribution < 1.29 is 9.53 Å². The van der Waals surface area contributed by atoms with Crippen LogP contribution in [-0.2, 0) is 4.74 Å². The van der Waals surface area contributed by atoms with E-state index >= 15 is 0 Å². The van der Waals surface area contributed by atoms with Gasteiger partial charge in [0, 0.05) is 18.6 Å². The van der Waals surface area contributed by atoms with E-state index in [1.54, 1.807) is 0 Å². The summed E-state index contributed by atoms with van der Waals surface area (Å²) in [5.41, 5.74) is -0.402. The van der Waals surface area contributed by atoms with Gasteiger partial charge in [-0.1, -0.05) is 13.8 Å². The van der Waals surface area contributed by atoms with E-state index in [1.807, 2.05) is 25.7 Å². The number of hydrogen-bond donors (Lipinski definition) is 1. The van der Waals surface area contributed by atoms with Gasteiger partial charge in [-0.2, -0.15) is 0 Å². The van der Waals surface area contributed by atoms with Crippen LogP contribution in [0, 0.1) is 0 Å². The quantitative estimate of drug-likeness (QED) is 0.743. The smallest absolute Gasteiger partial charge is 0.410 e. The summed E-state index contributed by atoms with van der Waals surface area (Å²) in [6.45, 7) is 11.7. The largest absolute Gasteiger partial charge is 0.444 e. The highest BCUT2D eigenvalue weighted by Gasteiger charge is 2.34. The van der Waals surface area contributed by atoms with Crippen LogP contribution in [0.5, 0.6) is 0 Å². The summed E-state index contributed by atoms with van der Waals surface area (Å²) >= 11 is 0. The second-order valence-corrected chi connectivity index (χ2v) is 6.37. The molecule has 0 unspecified atom stereocenters. The number of hydrogen-bond acceptors (Lipinski definition) is 3. The molecule has 1 saturated carbocycles. The highest BCUT2D eigenvalue weighted by Crippen LogP contribution is 2.28. The third-order valence-corrected chi connectivity index (χ3v) is 2.74. The molecule has 106 valence electrons. The van der Waals surface area contributed by atoms with E-state index in [-0.39, 0.29) is 6.09 Å². The Kier molecular flexibility index (Phi) is 5.45. The summed E-state index contributed by atoms with van der Waals surface area (Å²) < 4.78 is 5.45. The summed E-state index contributed by atoms with van der Waals surface area (Å²) in [5, 5.41) is 3.37. The van der Waals surface area contributed by atoms with Crippen molar-refractivity contribution in [1.82, 2.24) is 10.2 Å². The Morgan fingerprint density at radius 3 is 2.44 bits per heavy atom. The summed E-state index contributed by atoms with van der Waals surface area (Å²) in [6, 6.07) is 0.916.